The van der Waals surface area contributed by atoms with Crippen LogP contribution >= 0.6 is 0 Å². The van der Waals surface area contributed by atoms with Crippen LogP contribution in [0.5, 0.6) is 0 Å². The van der Waals surface area contributed by atoms with Crippen LogP contribution in [0.2, 0.25) is 0 Å². The average molecular weight is 420 g/mol. The van der Waals surface area contributed by atoms with Crippen molar-refractivity contribution in [3.63, 3.8) is 0 Å². The highest BCUT2D eigenvalue weighted by Crippen LogP contribution is 2.34. The third kappa shape index (κ3) is 7.51. The Labute approximate surface area is 182 Å². The minimum Gasteiger partial charge on any atom is -0.365 e. The number of nitrogens with one attached hydrogen (secondary N) is 1. The zero-order chi connectivity index (χ0) is 23.3. The molecule has 0 radical (unpaired) electrons. The number of aryl methyl sites for hydroxylation is 2. The zero-order valence-electron chi connectivity index (χ0n) is 20.2. The van der Waals surface area contributed by atoms with E-state index in [9.17, 15) is 4.39 Å². The number of anilines is 1. The van der Waals surface area contributed by atoms with Gasteiger partial charge in [0.1, 0.15) is 23.3 Å². The summed E-state index contributed by atoms with van der Waals surface area (Å²) in [6.07, 6.45) is 1.49. The van der Waals surface area contributed by atoms with E-state index in [2.05, 4.69) is 15.3 Å². The Morgan fingerprint density at radius 3 is 2.17 bits per heavy atom. The molecule has 0 aliphatic carbocycles. The van der Waals surface area contributed by atoms with Crippen molar-refractivity contribution in [3.8, 4) is 0 Å². The highest BCUT2D eigenvalue weighted by atomic mass is 19.1. The minimum absolute atomic E-state index is 0.139. The molecular formula is C25H39F2N3. The van der Waals surface area contributed by atoms with Crippen LogP contribution in [0, 0.1) is 25.6 Å². The first-order chi connectivity index (χ1) is 14.4. The number of allylic oxidation sites excluding steroid dienone is 1. The maximum Gasteiger partial charge on any atom is 0.140 e. The molecule has 30 heavy (non-hydrogen) atoms. The van der Waals surface area contributed by atoms with E-state index in [1.807, 2.05) is 48.5 Å². The fraction of sp³-hybridized carbons (Fsp3) is 0.520. The summed E-state index contributed by atoms with van der Waals surface area (Å²) >= 11 is 0. The van der Waals surface area contributed by atoms with Gasteiger partial charge < -0.3 is 5.32 Å². The molecule has 0 spiro atoms. The van der Waals surface area contributed by atoms with E-state index >= 15 is 4.39 Å². The molecule has 1 heterocycles. The van der Waals surface area contributed by atoms with Gasteiger partial charge in [0, 0.05) is 12.1 Å². The lowest BCUT2D eigenvalue weighted by atomic mass is 9.93. The number of rotatable bonds is 7. The molecule has 168 valence electrons. The molecule has 1 aromatic heterocycles. The van der Waals surface area contributed by atoms with E-state index in [0.29, 0.717) is 34.9 Å². The summed E-state index contributed by atoms with van der Waals surface area (Å²) in [5.41, 5.74) is 2.23. The first-order valence-corrected chi connectivity index (χ1v) is 11.1. The fourth-order valence-electron chi connectivity index (χ4n) is 3.05. The molecule has 0 saturated heterocycles. The van der Waals surface area contributed by atoms with Gasteiger partial charge in [-0.3, -0.25) is 0 Å². The van der Waals surface area contributed by atoms with Crippen molar-refractivity contribution in [2.24, 2.45) is 5.92 Å². The zero-order valence-corrected chi connectivity index (χ0v) is 20.2. The molecule has 0 fully saturated rings. The number of halogens is 2. The summed E-state index contributed by atoms with van der Waals surface area (Å²) < 4.78 is 29.3. The second-order valence-corrected chi connectivity index (χ2v) is 6.53. The number of hydrogen-bond acceptors (Lipinski definition) is 3. The van der Waals surface area contributed by atoms with Gasteiger partial charge in [0.2, 0.25) is 0 Å². The standard InChI is InChI=1S/C21H27F2N3.2C2H6/c1-6-13(3)17(7-2)20(23)19-14(4)25-15(5)26-21(19)24-12-16-10-8-9-11-18(16)22;2*1-2/h8-11,13H,6-7,12H2,1-5H3,(H,24,25,26);2*1-2H3/b20-17+;;. The SMILES string of the molecule is CC.CC.CC/C(=C(\F)c1c(C)nc(C)nc1NCc1ccccc1F)C(C)CC. The molecule has 1 unspecified atom stereocenters. The number of benzene rings is 1. The second kappa shape index (κ2) is 14.6. The van der Waals surface area contributed by atoms with Crippen molar-refractivity contribution in [3.05, 3.63) is 58.3 Å². The van der Waals surface area contributed by atoms with Crippen LogP contribution in [0.3, 0.4) is 0 Å². The second-order valence-electron chi connectivity index (χ2n) is 6.53. The topological polar surface area (TPSA) is 37.8 Å². The van der Waals surface area contributed by atoms with Crippen LogP contribution in [0.4, 0.5) is 14.6 Å². The van der Waals surface area contributed by atoms with E-state index in [1.165, 1.54) is 6.07 Å². The summed E-state index contributed by atoms with van der Waals surface area (Å²) in [5, 5.41) is 3.10. The highest BCUT2D eigenvalue weighted by molar-refractivity contribution is 5.73. The molecule has 5 heteroatoms. The van der Waals surface area contributed by atoms with Gasteiger partial charge in [-0.1, -0.05) is 66.7 Å². The first-order valence-electron chi connectivity index (χ1n) is 11.1. The van der Waals surface area contributed by atoms with E-state index in [-0.39, 0.29) is 24.1 Å². The van der Waals surface area contributed by atoms with E-state index in [4.69, 9.17) is 0 Å². The molecule has 0 aliphatic rings. The van der Waals surface area contributed by atoms with Gasteiger partial charge in [0.15, 0.2) is 0 Å². The van der Waals surface area contributed by atoms with Crippen molar-refractivity contribution < 1.29 is 8.78 Å². The quantitative estimate of drug-likeness (QED) is 0.493. The largest absolute Gasteiger partial charge is 0.365 e. The fourth-order valence-corrected chi connectivity index (χ4v) is 3.05. The molecule has 0 saturated carbocycles. The highest BCUT2D eigenvalue weighted by Gasteiger charge is 2.20. The summed E-state index contributed by atoms with van der Waals surface area (Å²) in [6.45, 7) is 17.8. The molecule has 0 aliphatic heterocycles. The number of hydrogen-bond donors (Lipinski definition) is 1. The molecule has 1 atom stereocenters. The van der Waals surface area contributed by atoms with Gasteiger partial charge in [-0.05, 0) is 44.2 Å². The van der Waals surface area contributed by atoms with Crippen molar-refractivity contribution in [1.82, 2.24) is 9.97 Å². The maximum atomic E-state index is 15.4. The predicted molar refractivity (Wildman–Crippen MR) is 126 cm³/mol. The average Bonchev–Trinajstić information content (AvgIpc) is 2.75. The van der Waals surface area contributed by atoms with Gasteiger partial charge in [-0.15, -0.1) is 0 Å². The van der Waals surface area contributed by atoms with Crippen LogP contribution < -0.4 is 5.32 Å². The van der Waals surface area contributed by atoms with Crippen molar-refractivity contribution in [2.45, 2.75) is 81.7 Å². The Balaban J connectivity index is 0.00000198. The summed E-state index contributed by atoms with van der Waals surface area (Å²) in [6, 6.07) is 6.53. The van der Waals surface area contributed by atoms with Gasteiger partial charge in [-0.25, -0.2) is 18.7 Å². The van der Waals surface area contributed by atoms with Crippen LogP contribution in [-0.4, -0.2) is 9.97 Å². The maximum absolute atomic E-state index is 15.4. The number of nitrogens with zero attached hydrogens (tertiary/aromatic N) is 2. The van der Waals surface area contributed by atoms with Crippen LogP contribution in [-0.2, 0) is 6.54 Å². The summed E-state index contributed by atoms with van der Waals surface area (Å²) in [4.78, 5) is 8.71. The Bertz CT molecular complexity index is 801. The number of aromatic nitrogens is 2. The Hall–Kier alpha value is -2.30. The van der Waals surface area contributed by atoms with Crippen LogP contribution in [0.15, 0.2) is 29.8 Å². The summed E-state index contributed by atoms with van der Waals surface area (Å²) in [7, 11) is 0. The van der Waals surface area contributed by atoms with E-state index in [0.717, 1.165) is 12.0 Å². The van der Waals surface area contributed by atoms with Crippen LogP contribution in [0.25, 0.3) is 5.83 Å². The molecular weight excluding hydrogens is 380 g/mol. The van der Waals surface area contributed by atoms with Crippen LogP contribution in [0.1, 0.15) is 84.0 Å². The minimum atomic E-state index is -0.297. The summed E-state index contributed by atoms with van der Waals surface area (Å²) in [5.74, 6) is 0.533. The smallest absolute Gasteiger partial charge is 0.140 e. The predicted octanol–water partition coefficient (Wildman–Crippen LogP) is 8.03. The molecule has 3 nitrogen and oxygen atoms in total. The molecule has 1 N–H and O–H groups in total. The lowest BCUT2D eigenvalue weighted by molar-refractivity contribution is 0.609. The lowest BCUT2D eigenvalue weighted by Crippen LogP contribution is -2.10. The molecule has 0 amide bonds. The van der Waals surface area contributed by atoms with Crippen molar-refractivity contribution >= 4 is 11.6 Å². The molecule has 2 rings (SSSR count). The Morgan fingerprint density at radius 1 is 1.03 bits per heavy atom. The molecule has 1 aromatic carbocycles. The van der Waals surface area contributed by atoms with Gasteiger partial charge in [0.05, 0.1) is 11.3 Å². The van der Waals surface area contributed by atoms with Gasteiger partial charge >= 0.3 is 0 Å². The first kappa shape index (κ1) is 27.7. The molecule has 0 bridgehead atoms. The molecule has 2 aromatic rings. The van der Waals surface area contributed by atoms with Gasteiger partial charge in [0.25, 0.3) is 0 Å². The third-order valence-electron chi connectivity index (χ3n) is 4.70. The van der Waals surface area contributed by atoms with E-state index in [1.54, 1.807) is 32.0 Å². The third-order valence-corrected chi connectivity index (χ3v) is 4.70. The Morgan fingerprint density at radius 2 is 1.63 bits per heavy atom. The normalized spacial score (nSPS) is 12.0. The van der Waals surface area contributed by atoms with Crippen molar-refractivity contribution in [2.75, 3.05) is 5.32 Å². The van der Waals surface area contributed by atoms with Crippen molar-refractivity contribution in [1.29, 1.82) is 0 Å². The Kier molecular flexibility index (Phi) is 13.5. The van der Waals surface area contributed by atoms with E-state index < -0.39 is 0 Å². The van der Waals surface area contributed by atoms with Gasteiger partial charge in [-0.2, -0.15) is 0 Å². The monoisotopic (exact) mass is 419 g/mol. The lowest BCUT2D eigenvalue weighted by Gasteiger charge is -2.18.